The van der Waals surface area contributed by atoms with Gasteiger partial charge in [-0.05, 0) is 68.4 Å². The molecule has 0 spiro atoms. The first-order valence-electron chi connectivity index (χ1n) is 18.8. The molecule has 6 heterocycles. The summed E-state index contributed by atoms with van der Waals surface area (Å²) >= 11 is 13.3. The van der Waals surface area contributed by atoms with Gasteiger partial charge in [-0.3, -0.25) is 38.4 Å². The first kappa shape index (κ1) is 40.4. The quantitative estimate of drug-likeness (QED) is 0.0984. The molecule has 0 aliphatic rings. The van der Waals surface area contributed by atoms with E-state index in [1.54, 1.807) is 50.2 Å². The zero-order valence-corrected chi connectivity index (χ0v) is 34.3. The molecule has 0 saturated carbocycles. The Morgan fingerprint density at radius 3 is 1.71 bits per heavy atom. The molecule has 2 N–H and O–H groups in total. The number of nitro groups is 1. The summed E-state index contributed by atoms with van der Waals surface area (Å²) in [6, 6.07) is 21.9. The van der Waals surface area contributed by atoms with Gasteiger partial charge in [0.1, 0.15) is 56.6 Å². The van der Waals surface area contributed by atoms with E-state index in [0.717, 1.165) is 6.07 Å². The van der Waals surface area contributed by atoms with Crippen LogP contribution in [0.1, 0.15) is 34.7 Å². The second-order valence-electron chi connectivity index (χ2n) is 14.2. The van der Waals surface area contributed by atoms with Crippen molar-refractivity contribution in [1.82, 2.24) is 29.4 Å². The highest BCUT2D eigenvalue weighted by Gasteiger charge is 2.40. The lowest BCUT2D eigenvalue weighted by Gasteiger charge is -2.24. The van der Waals surface area contributed by atoms with Crippen molar-refractivity contribution in [3.63, 3.8) is 0 Å². The van der Waals surface area contributed by atoms with Crippen LogP contribution in [0.15, 0.2) is 110 Å². The van der Waals surface area contributed by atoms with E-state index in [9.17, 15) is 34.4 Å². The number of benzene rings is 3. The van der Waals surface area contributed by atoms with Crippen molar-refractivity contribution in [2.45, 2.75) is 25.7 Å². The summed E-state index contributed by atoms with van der Waals surface area (Å²) in [6.07, 6.45) is 0. The molecule has 2 atom stereocenters. The normalized spacial score (nSPS) is 12.5. The van der Waals surface area contributed by atoms with Crippen LogP contribution in [0.2, 0.25) is 10.0 Å². The zero-order chi connectivity index (χ0) is 44.4. The summed E-state index contributed by atoms with van der Waals surface area (Å²) < 4.78 is 18.7. The molecule has 0 bridgehead atoms. The Morgan fingerprint density at radius 2 is 1.24 bits per heavy atom. The Morgan fingerprint density at radius 1 is 0.746 bits per heavy atom. The molecule has 6 aromatic heterocycles. The molecule has 20 heteroatoms. The van der Waals surface area contributed by atoms with E-state index in [2.05, 4.69) is 15.6 Å². The highest BCUT2D eigenvalue weighted by molar-refractivity contribution is 6.38. The molecule has 0 saturated heterocycles. The van der Waals surface area contributed by atoms with Gasteiger partial charge in [0.25, 0.3) is 16.8 Å². The molecule has 1 amide bonds. The van der Waals surface area contributed by atoms with Crippen molar-refractivity contribution < 1.29 is 33.4 Å². The van der Waals surface area contributed by atoms with Gasteiger partial charge in [0.15, 0.2) is 0 Å². The second-order valence-corrected chi connectivity index (χ2v) is 15.1. The van der Waals surface area contributed by atoms with E-state index in [-0.39, 0.29) is 88.9 Å². The Hall–Kier alpha value is -7.96. The molecule has 3 aromatic carbocycles. The van der Waals surface area contributed by atoms with Gasteiger partial charge in [0.05, 0.1) is 56.1 Å². The van der Waals surface area contributed by atoms with Gasteiger partial charge < -0.3 is 24.2 Å². The van der Waals surface area contributed by atoms with Crippen molar-refractivity contribution in [2.24, 2.45) is 0 Å². The number of anilines is 1. The number of aromatic nitrogens is 6. The van der Waals surface area contributed by atoms with E-state index >= 15 is 0 Å². The summed E-state index contributed by atoms with van der Waals surface area (Å²) in [5.41, 5.74) is -1.07. The minimum absolute atomic E-state index is 0.0260. The Bertz CT molecular complexity index is 3540. The summed E-state index contributed by atoms with van der Waals surface area (Å²) in [5, 5.41) is 35.2. The maximum absolute atomic E-state index is 14.9. The molecular formula is C43H28Cl2N8O10. The topological polar surface area (TPSA) is 241 Å². The first-order chi connectivity index (χ1) is 30.3. The molecule has 0 aliphatic heterocycles. The number of halogens is 2. The molecule has 2 unspecified atom stereocenters. The molecule has 9 aromatic rings. The van der Waals surface area contributed by atoms with Crippen LogP contribution in [-0.4, -0.2) is 58.4 Å². The number of aliphatic carboxylic acids is 1. The van der Waals surface area contributed by atoms with Crippen LogP contribution in [0.4, 0.5) is 11.4 Å². The summed E-state index contributed by atoms with van der Waals surface area (Å²) in [4.78, 5) is 77.7. The number of hydrogen-bond donors (Lipinski definition) is 2. The smallest absolute Gasteiger partial charge is 0.313 e. The summed E-state index contributed by atoms with van der Waals surface area (Å²) in [7, 11) is 1.29. The number of nitrogens with zero attached hydrogens (tertiary/aromatic N) is 7. The van der Waals surface area contributed by atoms with Crippen molar-refractivity contribution in [3.05, 3.63) is 155 Å². The van der Waals surface area contributed by atoms with Gasteiger partial charge in [-0.15, -0.1) is 0 Å². The van der Waals surface area contributed by atoms with Crippen LogP contribution in [0, 0.1) is 24.0 Å². The number of methoxy groups -OCH3 is 1. The van der Waals surface area contributed by atoms with Gasteiger partial charge in [0, 0.05) is 22.9 Å². The number of carboxylic acid groups (broad SMARTS) is 1. The van der Waals surface area contributed by atoms with Crippen LogP contribution in [0.25, 0.3) is 55.2 Å². The number of nitro benzene ring substituents is 1. The van der Waals surface area contributed by atoms with Gasteiger partial charge >= 0.3 is 5.97 Å². The van der Waals surface area contributed by atoms with Crippen LogP contribution in [0.5, 0.6) is 5.75 Å². The fourth-order valence-electron chi connectivity index (χ4n) is 7.84. The predicted molar refractivity (Wildman–Crippen MR) is 231 cm³/mol. The van der Waals surface area contributed by atoms with Crippen molar-refractivity contribution in [3.8, 4) is 17.4 Å². The number of nitrogens with one attached hydrogen (secondary N) is 1. The molecular weight excluding hydrogens is 859 g/mol. The summed E-state index contributed by atoms with van der Waals surface area (Å²) in [5.74, 6) is -5.83. The highest BCUT2D eigenvalue weighted by atomic mass is 35.5. The zero-order valence-electron chi connectivity index (χ0n) is 32.8. The summed E-state index contributed by atoms with van der Waals surface area (Å²) in [6.45, 7) is 3.12. The Kier molecular flexibility index (Phi) is 9.95. The molecule has 0 fully saturated rings. The molecule has 314 valence electrons. The monoisotopic (exact) mass is 886 g/mol. The number of carboxylic acids is 1. The van der Waals surface area contributed by atoms with E-state index in [0.29, 0.717) is 10.8 Å². The SMILES string of the molecule is COc1ccc([N+](=O)[O-])cc1NC(=O)C(c1cccc(-n2c(=O)c3c(C)onc3c3c(Cl)cccc32)n1)C(C(=O)O)c1cccc(-n2c(=O)c3c(C)onc3c3c(Cl)cccc32)n1. The number of hydrogen-bond acceptors (Lipinski definition) is 13. The molecule has 0 aliphatic carbocycles. The van der Waals surface area contributed by atoms with Crippen molar-refractivity contribution in [2.75, 3.05) is 12.4 Å². The van der Waals surface area contributed by atoms with Gasteiger partial charge in [-0.1, -0.05) is 57.8 Å². The average Bonchev–Trinajstić information content (AvgIpc) is 3.85. The number of amides is 1. The van der Waals surface area contributed by atoms with E-state index in [1.807, 2.05) is 0 Å². The fourth-order valence-corrected chi connectivity index (χ4v) is 8.36. The standard InChI is InChI=1S/C43H28Cl2N8O10/c1-19-32-38(49-62-19)34-22(44)8-4-12-27(34)51(41(32)55)30-14-6-10-24(46-30)36(40(54)48-26-18-21(53(59)60)16-17-29(26)61-3)37(43(57)58)25-11-7-15-31(47-25)52-28-13-5-9-23(45)35(28)39-33(42(52)56)20(2)63-50-39/h4-18,36-37H,1-3H3,(H,48,54)(H,57,58). The minimum Gasteiger partial charge on any atom is -0.495 e. The maximum Gasteiger partial charge on any atom is 0.313 e. The Balaban J connectivity index is 1.27. The van der Waals surface area contributed by atoms with Crippen molar-refractivity contribution >= 4 is 90.1 Å². The number of fused-ring (bicyclic) bond motifs is 6. The lowest BCUT2D eigenvalue weighted by molar-refractivity contribution is -0.384. The van der Waals surface area contributed by atoms with E-state index in [4.69, 9.17) is 47.0 Å². The minimum atomic E-state index is -1.87. The molecule has 18 nitrogen and oxygen atoms in total. The number of carbonyl (C=O) groups is 2. The fraction of sp³-hybridized carbons (Fsp3) is 0.116. The lowest BCUT2D eigenvalue weighted by atomic mass is 9.85. The number of pyridine rings is 4. The third-order valence-corrected chi connectivity index (χ3v) is 11.3. The Labute approximate surface area is 362 Å². The largest absolute Gasteiger partial charge is 0.495 e. The third-order valence-electron chi connectivity index (χ3n) is 10.6. The molecule has 63 heavy (non-hydrogen) atoms. The van der Waals surface area contributed by atoms with Gasteiger partial charge in [0.2, 0.25) is 5.91 Å². The number of aryl methyl sites for hydroxylation is 2. The number of non-ortho nitro benzene ring substituents is 1. The van der Waals surface area contributed by atoms with E-state index in [1.165, 1.54) is 64.8 Å². The van der Waals surface area contributed by atoms with E-state index < -0.39 is 45.4 Å². The van der Waals surface area contributed by atoms with Gasteiger partial charge in [-0.25, -0.2) is 9.97 Å². The number of rotatable bonds is 10. The van der Waals surface area contributed by atoms with Crippen LogP contribution in [-0.2, 0) is 9.59 Å². The van der Waals surface area contributed by atoms with Crippen LogP contribution in [0.3, 0.4) is 0 Å². The third kappa shape index (κ3) is 6.59. The van der Waals surface area contributed by atoms with Crippen molar-refractivity contribution in [1.29, 1.82) is 0 Å². The van der Waals surface area contributed by atoms with Gasteiger partial charge in [-0.2, -0.15) is 0 Å². The van der Waals surface area contributed by atoms with Crippen LogP contribution < -0.4 is 21.2 Å². The maximum atomic E-state index is 14.9. The lowest BCUT2D eigenvalue weighted by Crippen LogP contribution is -2.33. The average molecular weight is 888 g/mol. The number of ether oxygens (including phenoxy) is 1. The highest BCUT2D eigenvalue weighted by Crippen LogP contribution is 2.38. The molecule has 0 radical (unpaired) electrons. The first-order valence-corrected chi connectivity index (χ1v) is 19.5. The molecule has 9 rings (SSSR count). The second kappa shape index (κ2) is 15.5. The van der Waals surface area contributed by atoms with Crippen LogP contribution >= 0.6 is 23.2 Å². The predicted octanol–water partition coefficient (Wildman–Crippen LogP) is 7.80. The number of carbonyl (C=O) groups excluding carboxylic acids is 1.